The van der Waals surface area contributed by atoms with E-state index in [2.05, 4.69) is 4.90 Å². The van der Waals surface area contributed by atoms with Gasteiger partial charge in [0.25, 0.3) is 0 Å². The molecular formula is C15H22N2O4. The van der Waals surface area contributed by atoms with E-state index >= 15 is 0 Å². The predicted octanol–water partition coefficient (Wildman–Crippen LogP) is 0.993. The van der Waals surface area contributed by atoms with Crippen LogP contribution in [0, 0.1) is 0 Å². The van der Waals surface area contributed by atoms with Gasteiger partial charge in [0.1, 0.15) is 11.5 Å². The van der Waals surface area contributed by atoms with Crippen molar-refractivity contribution in [1.29, 1.82) is 0 Å². The summed E-state index contributed by atoms with van der Waals surface area (Å²) in [6.45, 7) is 4.01. The number of aliphatic carboxylic acids is 1. The molecule has 0 saturated carbocycles. The van der Waals surface area contributed by atoms with Crippen molar-refractivity contribution in [2.75, 3.05) is 39.8 Å². The first-order valence-electron chi connectivity index (χ1n) is 7.11. The van der Waals surface area contributed by atoms with Gasteiger partial charge in [0.05, 0.1) is 13.7 Å². The summed E-state index contributed by atoms with van der Waals surface area (Å²) in [6.07, 6.45) is 0.935. The maximum atomic E-state index is 10.8. The Bertz CT molecular complexity index is 493. The number of carboxylic acids is 1. The number of methoxy groups -OCH3 is 1. The second kappa shape index (κ2) is 7.28. The fraction of sp³-hybridized carbons (Fsp3) is 0.533. The van der Waals surface area contributed by atoms with E-state index in [-0.39, 0.29) is 12.3 Å². The van der Waals surface area contributed by atoms with E-state index < -0.39 is 5.97 Å². The Balaban J connectivity index is 1.93. The summed E-state index contributed by atoms with van der Waals surface area (Å²) in [5, 5.41) is 18.8. The molecule has 1 aromatic carbocycles. The molecule has 1 fully saturated rings. The molecule has 1 heterocycles. The molecule has 1 aromatic rings. The molecule has 0 unspecified atom stereocenters. The van der Waals surface area contributed by atoms with E-state index in [1.165, 1.54) is 0 Å². The standard InChI is InChI=1S/C15H22N2O4/c1-21-13-4-3-12(14(18)9-13)10-16-5-2-6-17(8-7-16)11-15(19)20/h3-4,9,18H,2,5-8,10-11H2,1H3,(H,19,20). The maximum absolute atomic E-state index is 10.8. The number of aromatic hydroxyl groups is 1. The number of hydrogen-bond acceptors (Lipinski definition) is 5. The summed E-state index contributed by atoms with van der Waals surface area (Å²) in [5.74, 6) is 0.0944. The molecule has 1 saturated heterocycles. The molecule has 6 nitrogen and oxygen atoms in total. The van der Waals surface area contributed by atoms with Crippen molar-refractivity contribution in [3.8, 4) is 11.5 Å². The van der Waals surface area contributed by atoms with Gasteiger partial charge < -0.3 is 14.9 Å². The quantitative estimate of drug-likeness (QED) is 0.844. The molecule has 0 atom stereocenters. The number of carbonyl (C=O) groups is 1. The van der Waals surface area contributed by atoms with Crippen LogP contribution >= 0.6 is 0 Å². The molecule has 0 bridgehead atoms. The number of ether oxygens (including phenoxy) is 1. The van der Waals surface area contributed by atoms with E-state index in [9.17, 15) is 9.90 Å². The minimum absolute atomic E-state index is 0.0988. The first-order chi connectivity index (χ1) is 10.1. The normalized spacial score (nSPS) is 17.4. The van der Waals surface area contributed by atoms with Crippen molar-refractivity contribution < 1.29 is 19.7 Å². The van der Waals surface area contributed by atoms with E-state index in [0.29, 0.717) is 12.3 Å². The average molecular weight is 294 g/mol. The van der Waals surface area contributed by atoms with Gasteiger partial charge in [0.15, 0.2) is 0 Å². The van der Waals surface area contributed by atoms with Crippen LogP contribution in [0.5, 0.6) is 11.5 Å². The van der Waals surface area contributed by atoms with Gasteiger partial charge in [-0.25, -0.2) is 0 Å². The molecule has 0 aliphatic carbocycles. The van der Waals surface area contributed by atoms with Gasteiger partial charge in [-0.05, 0) is 19.0 Å². The van der Waals surface area contributed by atoms with Crippen LogP contribution in [-0.2, 0) is 11.3 Å². The van der Waals surface area contributed by atoms with Crippen molar-refractivity contribution in [3.05, 3.63) is 23.8 Å². The summed E-state index contributed by atoms with van der Waals surface area (Å²) in [4.78, 5) is 15.0. The highest BCUT2D eigenvalue weighted by Crippen LogP contribution is 2.24. The second-order valence-electron chi connectivity index (χ2n) is 5.29. The summed E-state index contributed by atoms with van der Waals surface area (Å²) < 4.78 is 5.08. The number of phenols is 1. The van der Waals surface area contributed by atoms with Crippen LogP contribution in [0.3, 0.4) is 0 Å². The van der Waals surface area contributed by atoms with Gasteiger partial charge in [-0.1, -0.05) is 6.07 Å². The first-order valence-corrected chi connectivity index (χ1v) is 7.11. The third-order valence-electron chi connectivity index (χ3n) is 3.73. The lowest BCUT2D eigenvalue weighted by Crippen LogP contribution is -2.34. The lowest BCUT2D eigenvalue weighted by Gasteiger charge is -2.21. The van der Waals surface area contributed by atoms with E-state index in [0.717, 1.165) is 38.2 Å². The van der Waals surface area contributed by atoms with Crippen LogP contribution in [0.1, 0.15) is 12.0 Å². The van der Waals surface area contributed by atoms with Gasteiger partial charge in [-0.3, -0.25) is 14.6 Å². The van der Waals surface area contributed by atoms with E-state index in [1.807, 2.05) is 17.0 Å². The molecule has 1 aliphatic heterocycles. The topological polar surface area (TPSA) is 73.2 Å². The molecule has 2 rings (SSSR count). The number of rotatable bonds is 5. The zero-order valence-electron chi connectivity index (χ0n) is 12.3. The van der Waals surface area contributed by atoms with Gasteiger partial charge in [0.2, 0.25) is 0 Å². The Labute approximate surface area is 124 Å². The van der Waals surface area contributed by atoms with Crippen LogP contribution in [0.4, 0.5) is 0 Å². The number of nitrogens with zero attached hydrogens (tertiary/aromatic N) is 2. The van der Waals surface area contributed by atoms with Crippen LogP contribution in [0.15, 0.2) is 18.2 Å². The van der Waals surface area contributed by atoms with Gasteiger partial charge in [0, 0.05) is 37.8 Å². The number of hydrogen-bond donors (Lipinski definition) is 2. The summed E-state index contributed by atoms with van der Waals surface area (Å²) in [5.41, 5.74) is 0.863. The van der Waals surface area contributed by atoms with Crippen molar-refractivity contribution in [1.82, 2.24) is 9.80 Å². The van der Waals surface area contributed by atoms with Crippen LogP contribution in [0.2, 0.25) is 0 Å². The molecular weight excluding hydrogens is 272 g/mol. The Morgan fingerprint density at radius 2 is 1.95 bits per heavy atom. The smallest absolute Gasteiger partial charge is 0.317 e. The number of carboxylic acid groups (broad SMARTS) is 1. The Hall–Kier alpha value is -1.79. The van der Waals surface area contributed by atoms with Gasteiger partial charge in [-0.2, -0.15) is 0 Å². The summed E-state index contributed by atoms with van der Waals surface area (Å²) in [7, 11) is 1.57. The highest BCUT2D eigenvalue weighted by molar-refractivity contribution is 5.69. The fourth-order valence-electron chi connectivity index (χ4n) is 2.58. The summed E-state index contributed by atoms with van der Waals surface area (Å²) in [6, 6.07) is 5.32. The Morgan fingerprint density at radius 3 is 2.62 bits per heavy atom. The molecule has 6 heteroatoms. The van der Waals surface area contributed by atoms with Crippen molar-refractivity contribution >= 4 is 5.97 Å². The van der Waals surface area contributed by atoms with Crippen LogP contribution in [0.25, 0.3) is 0 Å². The first kappa shape index (κ1) is 15.6. The molecule has 0 amide bonds. The zero-order chi connectivity index (χ0) is 15.2. The second-order valence-corrected chi connectivity index (χ2v) is 5.29. The SMILES string of the molecule is COc1ccc(CN2CCCN(CC(=O)O)CC2)c(O)c1. The molecule has 0 aromatic heterocycles. The monoisotopic (exact) mass is 294 g/mol. The van der Waals surface area contributed by atoms with E-state index in [1.54, 1.807) is 13.2 Å². The predicted molar refractivity (Wildman–Crippen MR) is 78.6 cm³/mol. The Morgan fingerprint density at radius 1 is 1.24 bits per heavy atom. The largest absolute Gasteiger partial charge is 0.507 e. The van der Waals surface area contributed by atoms with Crippen molar-refractivity contribution in [3.63, 3.8) is 0 Å². The maximum Gasteiger partial charge on any atom is 0.317 e. The van der Waals surface area contributed by atoms with Gasteiger partial charge >= 0.3 is 5.97 Å². The highest BCUT2D eigenvalue weighted by Gasteiger charge is 2.17. The highest BCUT2D eigenvalue weighted by atomic mass is 16.5. The zero-order valence-corrected chi connectivity index (χ0v) is 12.3. The lowest BCUT2D eigenvalue weighted by atomic mass is 10.1. The minimum Gasteiger partial charge on any atom is -0.507 e. The summed E-state index contributed by atoms with van der Waals surface area (Å²) >= 11 is 0. The minimum atomic E-state index is -0.781. The number of benzene rings is 1. The lowest BCUT2D eigenvalue weighted by molar-refractivity contribution is -0.138. The average Bonchev–Trinajstić information content (AvgIpc) is 2.66. The molecule has 116 valence electrons. The van der Waals surface area contributed by atoms with Crippen LogP contribution < -0.4 is 4.74 Å². The number of phenolic OH excluding ortho intramolecular Hbond substituents is 1. The van der Waals surface area contributed by atoms with Crippen molar-refractivity contribution in [2.45, 2.75) is 13.0 Å². The third kappa shape index (κ3) is 4.61. The van der Waals surface area contributed by atoms with Crippen LogP contribution in [-0.4, -0.2) is 65.8 Å². The molecule has 0 spiro atoms. The molecule has 0 radical (unpaired) electrons. The molecule has 21 heavy (non-hydrogen) atoms. The molecule has 2 N–H and O–H groups in total. The fourth-order valence-corrected chi connectivity index (χ4v) is 2.58. The van der Waals surface area contributed by atoms with Gasteiger partial charge in [-0.15, -0.1) is 0 Å². The Kier molecular flexibility index (Phi) is 5.41. The molecule has 1 aliphatic rings. The third-order valence-corrected chi connectivity index (χ3v) is 3.73. The van der Waals surface area contributed by atoms with E-state index in [4.69, 9.17) is 9.84 Å². The van der Waals surface area contributed by atoms with Crippen molar-refractivity contribution in [2.24, 2.45) is 0 Å².